The van der Waals surface area contributed by atoms with Crippen molar-refractivity contribution in [2.75, 3.05) is 0 Å². The largest absolute Gasteiger partial charge is 0.192 e. The zero-order valence-corrected chi connectivity index (χ0v) is 12.3. The number of aryl methyl sites for hydroxylation is 3. The van der Waals surface area contributed by atoms with Crippen LogP contribution in [-0.4, -0.2) is 10.2 Å². The molecule has 0 aliphatic carbocycles. The van der Waals surface area contributed by atoms with E-state index in [2.05, 4.69) is 42.2 Å². The van der Waals surface area contributed by atoms with Gasteiger partial charge in [0.2, 0.25) is 0 Å². The first-order valence-corrected chi connectivity index (χ1v) is 6.83. The molecule has 1 heterocycles. The summed E-state index contributed by atoms with van der Waals surface area (Å²) in [4.78, 5) is 1.08. The van der Waals surface area contributed by atoms with E-state index in [4.69, 9.17) is 0 Å². The summed E-state index contributed by atoms with van der Waals surface area (Å²) < 4.78 is 0. The van der Waals surface area contributed by atoms with Crippen LogP contribution in [0.2, 0.25) is 0 Å². The fourth-order valence-electron chi connectivity index (χ4n) is 1.68. The Kier molecular flexibility index (Phi) is 3.87. The van der Waals surface area contributed by atoms with Crippen LogP contribution in [0.5, 0.6) is 0 Å². The molecule has 0 N–H and O–H groups in total. The molecule has 3 nitrogen and oxygen atoms in total. The van der Waals surface area contributed by atoms with Crippen LogP contribution in [0.3, 0.4) is 0 Å². The van der Waals surface area contributed by atoms with E-state index in [1.54, 1.807) is 0 Å². The number of aromatic nitrogens is 2. The van der Waals surface area contributed by atoms with E-state index >= 15 is 0 Å². The minimum Gasteiger partial charge on any atom is -0.192 e. The van der Waals surface area contributed by atoms with Crippen molar-refractivity contribution >= 4 is 11.8 Å². The SMILES string of the molecule is Cc1ccc(Sc2nnc(C)c(C)c2C#N)cc1C. The van der Waals surface area contributed by atoms with Gasteiger partial charge < -0.3 is 0 Å². The van der Waals surface area contributed by atoms with Crippen molar-refractivity contribution in [1.82, 2.24) is 10.2 Å². The molecular weight excluding hydrogens is 254 g/mol. The number of nitrogens with zero attached hydrogens (tertiary/aromatic N) is 3. The summed E-state index contributed by atoms with van der Waals surface area (Å²) in [6, 6.07) is 8.46. The van der Waals surface area contributed by atoms with Gasteiger partial charge in [-0.2, -0.15) is 10.4 Å². The Morgan fingerprint density at radius 2 is 1.79 bits per heavy atom. The van der Waals surface area contributed by atoms with Gasteiger partial charge in [-0.1, -0.05) is 17.8 Å². The van der Waals surface area contributed by atoms with Crippen LogP contribution >= 0.6 is 11.8 Å². The van der Waals surface area contributed by atoms with Gasteiger partial charge >= 0.3 is 0 Å². The maximum absolute atomic E-state index is 9.27. The van der Waals surface area contributed by atoms with Crippen LogP contribution in [0, 0.1) is 39.0 Å². The van der Waals surface area contributed by atoms with Gasteiger partial charge in [-0.3, -0.25) is 0 Å². The average Bonchev–Trinajstić information content (AvgIpc) is 2.39. The molecule has 1 aromatic carbocycles. The van der Waals surface area contributed by atoms with E-state index in [9.17, 15) is 5.26 Å². The third-order valence-electron chi connectivity index (χ3n) is 3.23. The Bertz CT molecular complexity index is 672. The average molecular weight is 269 g/mol. The van der Waals surface area contributed by atoms with Crippen molar-refractivity contribution in [3.63, 3.8) is 0 Å². The number of hydrogen-bond donors (Lipinski definition) is 0. The standard InChI is InChI=1S/C15H15N3S/c1-9-5-6-13(7-10(9)2)19-15-14(8-16)11(3)12(4)17-18-15/h5-7H,1-4H3. The molecule has 19 heavy (non-hydrogen) atoms. The number of nitriles is 1. The van der Waals surface area contributed by atoms with Crippen LogP contribution in [0.4, 0.5) is 0 Å². The first-order chi connectivity index (χ1) is 9.02. The van der Waals surface area contributed by atoms with Crippen molar-refractivity contribution in [3.05, 3.63) is 46.1 Å². The Morgan fingerprint density at radius 3 is 2.42 bits per heavy atom. The lowest BCUT2D eigenvalue weighted by molar-refractivity contribution is 0.871. The molecule has 0 radical (unpaired) electrons. The number of rotatable bonds is 2. The highest BCUT2D eigenvalue weighted by molar-refractivity contribution is 7.99. The lowest BCUT2D eigenvalue weighted by Crippen LogP contribution is -1.98. The summed E-state index contributed by atoms with van der Waals surface area (Å²) in [6.45, 7) is 7.94. The Hall–Kier alpha value is -1.86. The maximum Gasteiger partial charge on any atom is 0.142 e. The lowest BCUT2D eigenvalue weighted by Gasteiger charge is -2.08. The molecular formula is C15H15N3S. The van der Waals surface area contributed by atoms with Gasteiger partial charge in [-0.05, 0) is 56.5 Å². The zero-order chi connectivity index (χ0) is 14.0. The van der Waals surface area contributed by atoms with E-state index in [0.29, 0.717) is 10.6 Å². The first-order valence-electron chi connectivity index (χ1n) is 6.02. The van der Waals surface area contributed by atoms with Crippen LogP contribution < -0.4 is 0 Å². The lowest BCUT2D eigenvalue weighted by atomic mass is 10.1. The predicted molar refractivity (Wildman–Crippen MR) is 76.3 cm³/mol. The van der Waals surface area contributed by atoms with Crippen molar-refractivity contribution < 1.29 is 0 Å². The number of hydrogen-bond acceptors (Lipinski definition) is 4. The van der Waals surface area contributed by atoms with Gasteiger partial charge in [0.1, 0.15) is 11.1 Å². The Morgan fingerprint density at radius 1 is 1.05 bits per heavy atom. The van der Waals surface area contributed by atoms with E-state index in [1.807, 2.05) is 19.9 Å². The Labute approximate surface area is 117 Å². The van der Waals surface area contributed by atoms with Crippen LogP contribution in [-0.2, 0) is 0 Å². The summed E-state index contributed by atoms with van der Waals surface area (Å²) in [5.74, 6) is 0. The van der Waals surface area contributed by atoms with Gasteiger partial charge in [0.05, 0.1) is 11.3 Å². The monoisotopic (exact) mass is 269 g/mol. The van der Waals surface area contributed by atoms with Gasteiger partial charge in [-0.15, -0.1) is 5.10 Å². The molecule has 0 saturated carbocycles. The second kappa shape index (κ2) is 5.41. The van der Waals surface area contributed by atoms with Gasteiger partial charge in [0.25, 0.3) is 0 Å². The van der Waals surface area contributed by atoms with Crippen molar-refractivity contribution in [1.29, 1.82) is 5.26 Å². The van der Waals surface area contributed by atoms with Crippen molar-refractivity contribution in [2.45, 2.75) is 37.6 Å². The third kappa shape index (κ3) is 2.77. The fourth-order valence-corrected chi connectivity index (χ4v) is 2.66. The predicted octanol–water partition coefficient (Wildman–Crippen LogP) is 3.73. The minimum absolute atomic E-state index is 0.621. The highest BCUT2D eigenvalue weighted by Gasteiger charge is 2.12. The van der Waals surface area contributed by atoms with Crippen molar-refractivity contribution in [3.8, 4) is 6.07 Å². The molecule has 0 saturated heterocycles. The maximum atomic E-state index is 9.27. The molecule has 1 aromatic heterocycles. The van der Waals surface area contributed by atoms with Gasteiger partial charge in [0.15, 0.2) is 0 Å². The molecule has 4 heteroatoms. The Balaban J connectivity index is 2.41. The quantitative estimate of drug-likeness (QED) is 0.833. The normalized spacial score (nSPS) is 10.3. The molecule has 0 amide bonds. The minimum atomic E-state index is 0.621. The van der Waals surface area contributed by atoms with Gasteiger partial charge in [-0.25, -0.2) is 0 Å². The summed E-state index contributed by atoms with van der Waals surface area (Å²) in [6.07, 6.45) is 0. The van der Waals surface area contributed by atoms with Crippen LogP contribution in [0.1, 0.15) is 27.9 Å². The van der Waals surface area contributed by atoms with E-state index in [1.165, 1.54) is 22.9 Å². The molecule has 0 aliphatic heterocycles. The fraction of sp³-hybridized carbons (Fsp3) is 0.267. The molecule has 0 unspecified atom stereocenters. The summed E-state index contributed by atoms with van der Waals surface area (Å²) >= 11 is 1.49. The molecule has 96 valence electrons. The molecule has 2 aromatic rings. The number of benzene rings is 1. The first kappa shape index (κ1) is 13.6. The summed E-state index contributed by atoms with van der Waals surface area (Å²) in [5.41, 5.74) is 4.83. The summed E-state index contributed by atoms with van der Waals surface area (Å²) in [7, 11) is 0. The summed E-state index contributed by atoms with van der Waals surface area (Å²) in [5, 5.41) is 18.2. The zero-order valence-electron chi connectivity index (χ0n) is 11.5. The highest BCUT2D eigenvalue weighted by Crippen LogP contribution is 2.31. The van der Waals surface area contributed by atoms with Crippen molar-refractivity contribution in [2.24, 2.45) is 0 Å². The van der Waals surface area contributed by atoms with Crippen LogP contribution in [0.15, 0.2) is 28.1 Å². The third-order valence-corrected chi connectivity index (χ3v) is 4.20. The molecule has 0 fully saturated rings. The van der Waals surface area contributed by atoms with Gasteiger partial charge in [0, 0.05) is 4.90 Å². The second-order valence-electron chi connectivity index (χ2n) is 4.55. The molecule has 2 rings (SSSR count). The van der Waals surface area contributed by atoms with E-state index in [0.717, 1.165) is 16.2 Å². The molecule has 0 bridgehead atoms. The van der Waals surface area contributed by atoms with E-state index in [-0.39, 0.29) is 0 Å². The second-order valence-corrected chi connectivity index (χ2v) is 5.61. The van der Waals surface area contributed by atoms with E-state index < -0.39 is 0 Å². The van der Waals surface area contributed by atoms with Crippen LogP contribution in [0.25, 0.3) is 0 Å². The molecule has 0 atom stereocenters. The smallest absolute Gasteiger partial charge is 0.142 e. The molecule has 0 spiro atoms. The highest BCUT2D eigenvalue weighted by atomic mass is 32.2. The molecule has 0 aliphatic rings. The topological polar surface area (TPSA) is 49.6 Å².